The largest absolute Gasteiger partial charge is 0.339 e. The first-order valence-corrected chi connectivity index (χ1v) is 8.79. The van der Waals surface area contributed by atoms with Crippen molar-refractivity contribution in [3.05, 3.63) is 46.2 Å². The highest BCUT2D eigenvalue weighted by molar-refractivity contribution is 6.05. The van der Waals surface area contributed by atoms with E-state index in [1.165, 1.54) is 18.9 Å². The van der Waals surface area contributed by atoms with Crippen LogP contribution in [0.3, 0.4) is 0 Å². The maximum atomic E-state index is 13.0. The Morgan fingerprint density at radius 1 is 1.04 bits per heavy atom. The summed E-state index contributed by atoms with van der Waals surface area (Å²) in [5.41, 5.74) is 1.44. The predicted octanol–water partition coefficient (Wildman–Crippen LogP) is 2.13. The molecule has 1 aromatic heterocycles. The van der Waals surface area contributed by atoms with Crippen LogP contribution in [0.5, 0.6) is 0 Å². The molecule has 126 valence electrons. The minimum Gasteiger partial charge on any atom is -0.339 e. The van der Waals surface area contributed by atoms with E-state index in [0.717, 1.165) is 49.9 Å². The van der Waals surface area contributed by atoms with E-state index in [4.69, 9.17) is 0 Å². The molecule has 1 amide bonds. The number of nitrogens with zero attached hydrogens (tertiary/aromatic N) is 1. The topological polar surface area (TPSA) is 65.2 Å². The molecule has 2 aromatic rings. The number of para-hydroxylation sites is 1. The highest BCUT2D eigenvalue weighted by atomic mass is 16.2. The molecule has 0 atom stereocenters. The number of carbonyl (C=O) groups is 1. The predicted molar refractivity (Wildman–Crippen MR) is 94.2 cm³/mol. The summed E-state index contributed by atoms with van der Waals surface area (Å²) in [6, 6.07) is 8.95. The van der Waals surface area contributed by atoms with Gasteiger partial charge in [-0.1, -0.05) is 18.2 Å². The average molecular weight is 325 g/mol. The number of aromatic nitrogens is 1. The first-order valence-electron chi connectivity index (χ1n) is 8.79. The van der Waals surface area contributed by atoms with Crippen molar-refractivity contribution in [2.45, 2.75) is 25.7 Å². The zero-order valence-corrected chi connectivity index (χ0v) is 13.8. The van der Waals surface area contributed by atoms with Crippen LogP contribution in [0, 0.1) is 5.41 Å². The lowest BCUT2D eigenvalue weighted by atomic mass is 9.71. The third-order valence-electron chi connectivity index (χ3n) is 5.76. The summed E-state index contributed by atoms with van der Waals surface area (Å²) in [6.45, 7) is 3.76. The van der Waals surface area contributed by atoms with Gasteiger partial charge in [0.25, 0.3) is 5.91 Å². The Balaban J connectivity index is 1.58. The molecule has 0 saturated carbocycles. The Morgan fingerprint density at radius 3 is 2.50 bits per heavy atom. The van der Waals surface area contributed by atoms with E-state index < -0.39 is 0 Å². The van der Waals surface area contributed by atoms with Crippen LogP contribution in [0.4, 0.5) is 0 Å². The summed E-state index contributed by atoms with van der Waals surface area (Å²) in [5.74, 6) is -0.0129. The SMILES string of the molecule is O=C(c1cc(=O)[nH]c2ccccc12)N1CCC2(CCNCC2)CC1. The lowest BCUT2D eigenvalue weighted by Gasteiger charge is -2.44. The van der Waals surface area contributed by atoms with Crippen molar-refractivity contribution in [2.24, 2.45) is 5.41 Å². The Bertz CT molecular complexity index is 811. The van der Waals surface area contributed by atoms with Gasteiger partial charge in [-0.25, -0.2) is 0 Å². The number of hydrogen-bond donors (Lipinski definition) is 2. The first kappa shape index (κ1) is 15.4. The van der Waals surface area contributed by atoms with Crippen molar-refractivity contribution in [3.63, 3.8) is 0 Å². The fourth-order valence-corrected chi connectivity index (χ4v) is 4.19. The normalized spacial score (nSPS) is 20.4. The molecule has 1 aromatic carbocycles. The number of H-pyrrole nitrogens is 1. The maximum absolute atomic E-state index is 13.0. The third kappa shape index (κ3) is 2.73. The second-order valence-electron chi connectivity index (χ2n) is 7.14. The van der Waals surface area contributed by atoms with Crippen LogP contribution >= 0.6 is 0 Å². The molecule has 0 bridgehead atoms. The van der Waals surface area contributed by atoms with Gasteiger partial charge in [0, 0.05) is 30.1 Å². The summed E-state index contributed by atoms with van der Waals surface area (Å²) in [4.78, 5) is 29.6. The Hall–Kier alpha value is -2.14. The fourth-order valence-electron chi connectivity index (χ4n) is 4.19. The average Bonchev–Trinajstić information content (AvgIpc) is 2.62. The third-order valence-corrected chi connectivity index (χ3v) is 5.76. The lowest BCUT2D eigenvalue weighted by Crippen LogP contribution is -2.47. The fraction of sp³-hybridized carbons (Fsp3) is 0.474. The molecular formula is C19H23N3O2. The number of hydrogen-bond acceptors (Lipinski definition) is 3. The van der Waals surface area contributed by atoms with Crippen LogP contribution in [0.1, 0.15) is 36.0 Å². The van der Waals surface area contributed by atoms with Crippen molar-refractivity contribution >= 4 is 16.8 Å². The Labute approximate surface area is 141 Å². The molecule has 5 heteroatoms. The van der Waals surface area contributed by atoms with Gasteiger partial charge in [-0.3, -0.25) is 9.59 Å². The molecule has 0 radical (unpaired) electrons. The number of fused-ring (bicyclic) bond motifs is 1. The van der Waals surface area contributed by atoms with Crippen LogP contribution in [-0.2, 0) is 0 Å². The molecule has 0 aliphatic carbocycles. The first-order chi connectivity index (χ1) is 11.7. The molecule has 2 aliphatic heterocycles. The number of rotatable bonds is 1. The van der Waals surface area contributed by atoms with E-state index in [9.17, 15) is 9.59 Å². The number of benzene rings is 1. The molecular weight excluding hydrogens is 302 g/mol. The molecule has 2 N–H and O–H groups in total. The Kier molecular flexibility index (Phi) is 3.88. The summed E-state index contributed by atoms with van der Waals surface area (Å²) in [6.07, 6.45) is 4.56. The molecule has 4 rings (SSSR count). The van der Waals surface area contributed by atoms with Gasteiger partial charge in [-0.15, -0.1) is 0 Å². The molecule has 2 saturated heterocycles. The van der Waals surface area contributed by atoms with Gasteiger partial charge >= 0.3 is 0 Å². The summed E-state index contributed by atoms with van der Waals surface area (Å²) < 4.78 is 0. The summed E-state index contributed by atoms with van der Waals surface area (Å²) in [7, 11) is 0. The molecule has 5 nitrogen and oxygen atoms in total. The smallest absolute Gasteiger partial charge is 0.254 e. The second kappa shape index (κ2) is 6.06. The van der Waals surface area contributed by atoms with Crippen molar-refractivity contribution in [2.75, 3.05) is 26.2 Å². The second-order valence-corrected chi connectivity index (χ2v) is 7.14. The van der Waals surface area contributed by atoms with Gasteiger partial charge < -0.3 is 15.2 Å². The van der Waals surface area contributed by atoms with Crippen molar-refractivity contribution in [1.82, 2.24) is 15.2 Å². The van der Waals surface area contributed by atoms with Gasteiger partial charge in [0.1, 0.15) is 0 Å². The van der Waals surface area contributed by atoms with Crippen LogP contribution in [-0.4, -0.2) is 42.0 Å². The van der Waals surface area contributed by atoms with E-state index in [1.54, 1.807) is 0 Å². The lowest BCUT2D eigenvalue weighted by molar-refractivity contribution is 0.0497. The minimum absolute atomic E-state index is 0.0129. The molecule has 24 heavy (non-hydrogen) atoms. The number of amides is 1. The number of carbonyl (C=O) groups excluding carboxylic acids is 1. The number of aromatic amines is 1. The highest BCUT2D eigenvalue weighted by Crippen LogP contribution is 2.39. The number of piperidine rings is 2. The number of pyridine rings is 1. The van der Waals surface area contributed by atoms with E-state index in [0.29, 0.717) is 11.0 Å². The zero-order valence-electron chi connectivity index (χ0n) is 13.8. The van der Waals surface area contributed by atoms with E-state index >= 15 is 0 Å². The zero-order chi connectivity index (χ0) is 16.6. The van der Waals surface area contributed by atoms with Gasteiger partial charge in [0.2, 0.25) is 5.56 Å². The van der Waals surface area contributed by atoms with E-state index in [1.807, 2.05) is 29.2 Å². The summed E-state index contributed by atoms with van der Waals surface area (Å²) >= 11 is 0. The van der Waals surface area contributed by atoms with Crippen LogP contribution in [0.2, 0.25) is 0 Å². The Morgan fingerprint density at radius 2 is 1.75 bits per heavy atom. The minimum atomic E-state index is -0.219. The summed E-state index contributed by atoms with van der Waals surface area (Å²) in [5, 5.41) is 4.25. The molecule has 3 heterocycles. The van der Waals surface area contributed by atoms with Gasteiger partial charge in [-0.05, 0) is 50.3 Å². The van der Waals surface area contributed by atoms with Crippen molar-refractivity contribution < 1.29 is 4.79 Å². The molecule has 1 spiro atoms. The maximum Gasteiger partial charge on any atom is 0.254 e. The van der Waals surface area contributed by atoms with Gasteiger partial charge in [0.05, 0.1) is 5.56 Å². The highest BCUT2D eigenvalue weighted by Gasteiger charge is 2.37. The van der Waals surface area contributed by atoms with E-state index in [2.05, 4.69) is 10.3 Å². The molecule has 0 unspecified atom stereocenters. The van der Waals surface area contributed by atoms with Crippen LogP contribution < -0.4 is 10.9 Å². The quantitative estimate of drug-likeness (QED) is 0.844. The van der Waals surface area contributed by atoms with Crippen molar-refractivity contribution in [1.29, 1.82) is 0 Å². The molecule has 2 fully saturated rings. The van der Waals surface area contributed by atoms with Gasteiger partial charge in [0.15, 0.2) is 0 Å². The van der Waals surface area contributed by atoms with E-state index in [-0.39, 0.29) is 11.5 Å². The van der Waals surface area contributed by atoms with Crippen LogP contribution in [0.15, 0.2) is 35.1 Å². The monoisotopic (exact) mass is 325 g/mol. The number of likely N-dealkylation sites (tertiary alicyclic amines) is 1. The van der Waals surface area contributed by atoms with Gasteiger partial charge in [-0.2, -0.15) is 0 Å². The molecule has 2 aliphatic rings. The standard InChI is InChI=1S/C19H23N3O2/c23-17-13-15(14-3-1-2-4-16(14)21-17)18(24)22-11-7-19(8-12-22)5-9-20-10-6-19/h1-4,13,20H,5-12H2,(H,21,23). The van der Waals surface area contributed by atoms with Crippen molar-refractivity contribution in [3.8, 4) is 0 Å². The number of nitrogens with one attached hydrogen (secondary N) is 2. The van der Waals surface area contributed by atoms with Crippen LogP contribution in [0.25, 0.3) is 10.9 Å².